The maximum atomic E-state index is 14.9. The van der Waals surface area contributed by atoms with Gasteiger partial charge in [-0.2, -0.15) is 0 Å². The van der Waals surface area contributed by atoms with Crippen LogP contribution >= 0.6 is 11.6 Å². The van der Waals surface area contributed by atoms with Gasteiger partial charge in [0.1, 0.15) is 28.4 Å². The van der Waals surface area contributed by atoms with E-state index in [1.54, 1.807) is 45.9 Å². The van der Waals surface area contributed by atoms with Gasteiger partial charge in [0, 0.05) is 29.7 Å². The Balaban J connectivity index is 1.36. The Bertz CT molecular complexity index is 2150. The Morgan fingerprint density at radius 2 is 1.86 bits per heavy atom. The predicted molar refractivity (Wildman–Crippen MR) is 223 cm³/mol. The number of sulfonamides is 1. The van der Waals surface area contributed by atoms with Crippen LogP contribution in [-0.4, -0.2) is 82.6 Å². The number of aryl methyl sites for hydroxylation is 1. The number of benzene rings is 1. The Labute approximate surface area is 352 Å². The molecule has 1 aromatic heterocycles. The van der Waals surface area contributed by atoms with Crippen molar-refractivity contribution in [1.82, 2.24) is 14.6 Å². The van der Waals surface area contributed by atoms with Gasteiger partial charge in [0.05, 0.1) is 53.4 Å². The Kier molecular flexibility index (Phi) is 12.7. The number of hydrogen-bond donors (Lipinski definition) is 2. The van der Waals surface area contributed by atoms with E-state index in [2.05, 4.69) is 22.9 Å². The number of halogens is 1. The summed E-state index contributed by atoms with van der Waals surface area (Å²) in [7, 11) is -2.48. The third-order valence-electron chi connectivity index (χ3n) is 12.6. The fourth-order valence-corrected chi connectivity index (χ4v) is 10.5. The first-order valence-corrected chi connectivity index (χ1v) is 22.5. The van der Waals surface area contributed by atoms with Crippen LogP contribution in [0.5, 0.6) is 11.5 Å². The number of amides is 2. The number of hydrogen-bond acceptors (Lipinski definition) is 11. The highest BCUT2D eigenvalue weighted by Crippen LogP contribution is 2.58. The summed E-state index contributed by atoms with van der Waals surface area (Å²) in [6.07, 6.45) is 8.28. The van der Waals surface area contributed by atoms with Gasteiger partial charge in [-0.3, -0.25) is 23.9 Å². The zero-order chi connectivity index (χ0) is 43.1. The minimum Gasteiger partial charge on any atom is -0.495 e. The zero-order valence-corrected chi connectivity index (χ0v) is 36.4. The van der Waals surface area contributed by atoms with Crippen molar-refractivity contribution in [3.8, 4) is 11.5 Å². The van der Waals surface area contributed by atoms with Gasteiger partial charge in [-0.05, 0) is 97.1 Å². The molecule has 322 valence electrons. The molecule has 0 radical (unpaired) electrons. The summed E-state index contributed by atoms with van der Waals surface area (Å²) in [6, 6.07) is 2.38. The highest BCUT2D eigenvalue weighted by molar-refractivity contribution is 7.91. The van der Waals surface area contributed by atoms with Gasteiger partial charge in [0.15, 0.2) is 5.78 Å². The molecule has 13 nitrogen and oxygen atoms in total. The number of ketones is 1. The van der Waals surface area contributed by atoms with Crippen LogP contribution in [0, 0.1) is 17.3 Å². The Hall–Kier alpha value is -4.01. The maximum absolute atomic E-state index is 14.9. The number of methoxy groups -OCH3 is 1. The summed E-state index contributed by atoms with van der Waals surface area (Å²) >= 11 is 6.83. The predicted octanol–water partition coefficient (Wildman–Crippen LogP) is 6.69. The zero-order valence-electron chi connectivity index (χ0n) is 34.9. The van der Waals surface area contributed by atoms with Crippen molar-refractivity contribution in [3.05, 3.63) is 53.7 Å². The molecule has 2 N–H and O–H groups in total. The van der Waals surface area contributed by atoms with Crippen LogP contribution in [0.1, 0.15) is 116 Å². The molecule has 1 aromatic carbocycles. The number of carbonyl (C=O) groups excluding carboxylic acids is 4. The molecule has 2 aliphatic heterocycles. The smallest absolute Gasteiger partial charge is 0.307 e. The number of unbranched alkanes of at least 4 members (excludes halogenated alkanes) is 3. The Morgan fingerprint density at radius 3 is 2.47 bits per heavy atom. The standard InChI is InChI=1S/C44H58ClN3O10S/c1-8-10-11-12-13-14-27(21-35(51)57-41(3,4)5)39(52)48-26-43(18-17-29-36-30(15-16-34(56-7)37(36)45)46-31(25-49)38(29)58-43)23-32(48)33(50)24-44(22-28(44)9-2)40(53)47-59(54,55)42(6)19-20-42/h8-9,15-16,27-28,32,49H,1-2,10-14,17-26H2,3-7H3,(H,47,53)/t27-,28-,32+,43+,44-/m1/s1. The van der Waals surface area contributed by atoms with Crippen LogP contribution < -0.4 is 14.2 Å². The van der Waals surface area contributed by atoms with Gasteiger partial charge in [0.25, 0.3) is 0 Å². The molecule has 1 spiro atoms. The number of allylic oxidation sites excluding steroid dienone is 2. The number of likely N-dealkylation sites (tertiary alicyclic amines) is 1. The lowest BCUT2D eigenvalue weighted by Gasteiger charge is -2.37. The van der Waals surface area contributed by atoms with E-state index < -0.39 is 79.4 Å². The lowest BCUT2D eigenvalue weighted by Crippen LogP contribution is -2.48. The lowest BCUT2D eigenvalue weighted by atomic mass is 9.85. The average Bonchev–Trinajstić information content (AvgIpc) is 4.07. The van der Waals surface area contributed by atoms with Gasteiger partial charge in [-0.1, -0.05) is 36.6 Å². The summed E-state index contributed by atoms with van der Waals surface area (Å²) in [5, 5.41) is 11.5. The minimum atomic E-state index is -3.99. The first kappa shape index (κ1) is 44.5. The summed E-state index contributed by atoms with van der Waals surface area (Å²) in [5.41, 5.74) is -1.71. The number of nitrogens with one attached hydrogen (secondary N) is 1. The number of esters is 1. The van der Waals surface area contributed by atoms with Crippen molar-refractivity contribution in [2.75, 3.05) is 13.7 Å². The van der Waals surface area contributed by atoms with Crippen molar-refractivity contribution in [2.45, 2.75) is 140 Å². The molecule has 6 rings (SSSR count). The van der Waals surface area contributed by atoms with Crippen LogP contribution in [0.25, 0.3) is 10.9 Å². The summed E-state index contributed by atoms with van der Waals surface area (Å²) in [6.45, 7) is 14.0. The number of carbonyl (C=O) groups is 4. The minimum absolute atomic E-state index is 0.0193. The maximum Gasteiger partial charge on any atom is 0.307 e. The molecule has 4 aliphatic rings. The third kappa shape index (κ3) is 9.05. The molecule has 3 fully saturated rings. The number of ether oxygens (including phenoxy) is 3. The van der Waals surface area contributed by atoms with Crippen molar-refractivity contribution in [1.29, 1.82) is 0 Å². The molecule has 15 heteroatoms. The number of aliphatic hydroxyl groups excluding tert-OH is 1. The molecular formula is C44H58ClN3O10S. The van der Waals surface area contributed by atoms with Crippen LogP contribution in [0.15, 0.2) is 37.4 Å². The molecule has 2 aliphatic carbocycles. The molecule has 2 amide bonds. The molecule has 3 heterocycles. The molecule has 2 aromatic rings. The normalized spacial score (nSPS) is 24.8. The average molecular weight is 856 g/mol. The highest BCUT2D eigenvalue weighted by atomic mass is 35.5. The van der Waals surface area contributed by atoms with Crippen LogP contribution in [0.2, 0.25) is 5.02 Å². The number of Topliss-reactive ketones (excluding diaryl/α,β-unsaturated/α-hetero) is 1. The quantitative estimate of drug-likeness (QED) is 0.0928. The fraction of sp³-hybridized carbons (Fsp3) is 0.614. The Morgan fingerprint density at radius 1 is 1.14 bits per heavy atom. The van der Waals surface area contributed by atoms with Gasteiger partial charge < -0.3 is 24.2 Å². The third-order valence-corrected chi connectivity index (χ3v) is 15.1. The van der Waals surface area contributed by atoms with E-state index in [0.717, 1.165) is 24.8 Å². The topological polar surface area (TPSA) is 178 Å². The summed E-state index contributed by atoms with van der Waals surface area (Å²) in [5.74, 6) is -2.62. The van der Waals surface area contributed by atoms with Gasteiger partial charge in [-0.15, -0.1) is 13.2 Å². The van der Waals surface area contributed by atoms with Crippen molar-refractivity contribution < 1.29 is 46.9 Å². The second-order valence-electron chi connectivity index (χ2n) is 18.1. The largest absolute Gasteiger partial charge is 0.495 e. The first-order chi connectivity index (χ1) is 27.8. The SMILES string of the molecule is C=CCCCCC[C@H](CC(=O)OC(C)(C)C)C(=O)N1C[C@]2(CCc3c(c(CO)nc4ccc(OC)c(Cl)c34)O2)C[C@H]1C(=O)C[C@]1(C(=O)NS(=O)(=O)C2(C)CC2)C[C@H]1C=C. The number of fused-ring (bicyclic) bond motifs is 3. The summed E-state index contributed by atoms with van der Waals surface area (Å²) < 4.78 is 45.6. The molecule has 0 bridgehead atoms. The molecule has 1 saturated heterocycles. The monoisotopic (exact) mass is 855 g/mol. The van der Waals surface area contributed by atoms with E-state index in [-0.39, 0.29) is 37.9 Å². The lowest BCUT2D eigenvalue weighted by molar-refractivity contribution is -0.159. The second kappa shape index (κ2) is 16.8. The number of aliphatic hydroxyl groups is 1. The van der Waals surface area contributed by atoms with E-state index in [1.165, 1.54) is 12.0 Å². The van der Waals surface area contributed by atoms with Crippen LogP contribution in [-0.2, 0) is 47.0 Å². The number of rotatable bonds is 18. The van der Waals surface area contributed by atoms with E-state index in [4.69, 9.17) is 25.8 Å². The first-order valence-electron chi connectivity index (χ1n) is 20.6. The van der Waals surface area contributed by atoms with E-state index >= 15 is 0 Å². The molecule has 0 unspecified atom stereocenters. The van der Waals surface area contributed by atoms with E-state index in [1.807, 2.05) is 6.08 Å². The molecular weight excluding hydrogens is 798 g/mol. The molecule has 2 saturated carbocycles. The van der Waals surface area contributed by atoms with Crippen molar-refractivity contribution in [3.63, 3.8) is 0 Å². The van der Waals surface area contributed by atoms with E-state index in [0.29, 0.717) is 65.9 Å². The number of aromatic nitrogens is 1. The van der Waals surface area contributed by atoms with Gasteiger partial charge in [0.2, 0.25) is 21.8 Å². The van der Waals surface area contributed by atoms with Gasteiger partial charge in [-0.25, -0.2) is 13.4 Å². The van der Waals surface area contributed by atoms with Crippen molar-refractivity contribution in [2.24, 2.45) is 17.3 Å². The second-order valence-corrected chi connectivity index (χ2v) is 20.7. The highest BCUT2D eigenvalue weighted by Gasteiger charge is 2.63. The van der Waals surface area contributed by atoms with Crippen LogP contribution in [0.4, 0.5) is 0 Å². The van der Waals surface area contributed by atoms with E-state index in [9.17, 15) is 32.7 Å². The molecule has 59 heavy (non-hydrogen) atoms. The van der Waals surface area contributed by atoms with Crippen LogP contribution in [0.3, 0.4) is 0 Å². The van der Waals surface area contributed by atoms with Gasteiger partial charge >= 0.3 is 5.97 Å². The number of pyridine rings is 1. The van der Waals surface area contributed by atoms with Crippen molar-refractivity contribution >= 4 is 56.1 Å². The summed E-state index contributed by atoms with van der Waals surface area (Å²) in [4.78, 5) is 63.1. The number of nitrogens with zero attached hydrogens (tertiary/aromatic N) is 2. The fourth-order valence-electron chi connectivity index (χ4n) is 8.77. The molecule has 5 atom stereocenters.